The fourth-order valence-electron chi connectivity index (χ4n) is 4.68. The summed E-state index contributed by atoms with van der Waals surface area (Å²) in [5, 5.41) is 7.36. The maximum absolute atomic E-state index is 13.6. The average molecular weight is 508 g/mol. The van der Waals surface area contributed by atoms with Crippen molar-refractivity contribution < 1.29 is 19.2 Å². The summed E-state index contributed by atoms with van der Waals surface area (Å²) in [4.78, 5) is 44.5. The second-order valence-electron chi connectivity index (χ2n) is 11.0. The lowest BCUT2D eigenvalue weighted by atomic mass is 9.84. The summed E-state index contributed by atoms with van der Waals surface area (Å²) in [6.45, 7) is 6.13. The third kappa shape index (κ3) is 9.32. The van der Waals surface area contributed by atoms with Crippen LogP contribution in [0.3, 0.4) is 0 Å². The van der Waals surface area contributed by atoms with Gasteiger partial charge in [-0.05, 0) is 35.8 Å². The van der Waals surface area contributed by atoms with Crippen molar-refractivity contribution in [2.75, 3.05) is 6.54 Å². The Kier molecular flexibility index (Phi) is 10.7. The number of rotatable bonds is 12. The van der Waals surface area contributed by atoms with E-state index in [9.17, 15) is 14.4 Å². The quantitative estimate of drug-likeness (QED) is 0.329. The summed E-state index contributed by atoms with van der Waals surface area (Å²) in [7, 11) is 0. The minimum Gasteiger partial charge on any atom is -0.352 e. The zero-order valence-corrected chi connectivity index (χ0v) is 22.3. The van der Waals surface area contributed by atoms with Crippen molar-refractivity contribution in [3.8, 4) is 0 Å². The van der Waals surface area contributed by atoms with E-state index < -0.39 is 17.4 Å². The van der Waals surface area contributed by atoms with Gasteiger partial charge >= 0.3 is 0 Å². The van der Waals surface area contributed by atoms with Crippen LogP contribution in [-0.2, 0) is 32.2 Å². The van der Waals surface area contributed by atoms with Gasteiger partial charge in [0.05, 0.1) is 12.5 Å². The highest BCUT2D eigenvalue weighted by Gasteiger charge is 2.36. The molecule has 2 aromatic rings. The molecule has 3 rings (SSSR count). The van der Waals surface area contributed by atoms with Gasteiger partial charge in [-0.3, -0.25) is 19.2 Å². The lowest BCUT2D eigenvalue weighted by molar-refractivity contribution is -0.182. The monoisotopic (exact) mass is 507 g/mol. The molecule has 0 aromatic heterocycles. The molecule has 0 bridgehead atoms. The summed E-state index contributed by atoms with van der Waals surface area (Å²) in [5.41, 5.74) is 1.40. The van der Waals surface area contributed by atoms with Crippen LogP contribution in [-0.4, -0.2) is 41.9 Å². The topological polar surface area (TPSA) is 87.7 Å². The first-order chi connectivity index (χ1) is 17.8. The van der Waals surface area contributed by atoms with Crippen molar-refractivity contribution in [1.29, 1.82) is 0 Å². The molecule has 0 radical (unpaired) electrons. The number of amides is 3. The summed E-state index contributed by atoms with van der Waals surface area (Å²) < 4.78 is 0. The SMILES string of the molecule is CC(C)(C)C(NC(=O)C(Cc1ccccc1)CN(C=O)OCc1ccccc1)C(=O)NC1CCCCC1. The highest BCUT2D eigenvalue weighted by molar-refractivity contribution is 5.89. The number of nitrogens with zero attached hydrogens (tertiary/aromatic N) is 1. The van der Waals surface area contributed by atoms with Crippen LogP contribution < -0.4 is 10.6 Å². The Morgan fingerprint density at radius 1 is 0.946 bits per heavy atom. The molecule has 7 nitrogen and oxygen atoms in total. The zero-order valence-electron chi connectivity index (χ0n) is 22.3. The standard InChI is InChI=1S/C30H41N3O4/c1-30(2,3)27(29(36)31-26-17-11-6-12-18-26)32-28(35)25(19-23-13-7-4-8-14-23)20-33(22-34)37-21-24-15-9-5-10-16-24/h4-5,7-10,13-16,22,25-27H,6,11-12,17-21H2,1-3H3,(H,31,36)(H,32,35). The van der Waals surface area contributed by atoms with E-state index in [1.54, 1.807) is 0 Å². The molecular formula is C30H41N3O4. The van der Waals surface area contributed by atoms with E-state index in [-0.39, 0.29) is 31.0 Å². The Hall–Kier alpha value is -3.19. The molecule has 0 spiro atoms. The number of nitrogens with one attached hydrogen (secondary N) is 2. The lowest BCUT2D eigenvalue weighted by Gasteiger charge is -2.34. The lowest BCUT2D eigenvalue weighted by Crippen LogP contribution is -2.57. The Morgan fingerprint density at radius 2 is 1.54 bits per heavy atom. The fourth-order valence-corrected chi connectivity index (χ4v) is 4.68. The van der Waals surface area contributed by atoms with E-state index in [0.29, 0.717) is 12.8 Å². The average Bonchev–Trinajstić information content (AvgIpc) is 2.90. The molecule has 0 saturated heterocycles. The van der Waals surface area contributed by atoms with E-state index in [0.717, 1.165) is 36.8 Å². The van der Waals surface area contributed by atoms with Crippen LogP contribution in [0.1, 0.15) is 64.0 Å². The predicted octanol–water partition coefficient (Wildman–Crippen LogP) is 4.42. The molecule has 1 fully saturated rings. The molecule has 0 heterocycles. The molecule has 1 aliphatic rings. The normalized spacial score (nSPS) is 15.9. The predicted molar refractivity (Wildman–Crippen MR) is 144 cm³/mol. The zero-order chi connectivity index (χ0) is 26.7. The Balaban J connectivity index is 1.72. The number of hydroxylamine groups is 2. The first-order valence-electron chi connectivity index (χ1n) is 13.3. The Labute approximate surface area is 220 Å². The second kappa shape index (κ2) is 13.9. The first-order valence-corrected chi connectivity index (χ1v) is 13.3. The Morgan fingerprint density at radius 3 is 2.11 bits per heavy atom. The van der Waals surface area contributed by atoms with Crippen molar-refractivity contribution in [2.45, 2.75) is 78.0 Å². The van der Waals surface area contributed by atoms with Gasteiger partial charge in [-0.1, -0.05) is 101 Å². The minimum atomic E-state index is -0.699. The van der Waals surface area contributed by atoms with Crippen molar-refractivity contribution >= 4 is 18.2 Å². The molecule has 0 aliphatic heterocycles. The maximum atomic E-state index is 13.6. The summed E-state index contributed by atoms with van der Waals surface area (Å²) in [6.07, 6.45) is 6.38. The van der Waals surface area contributed by atoms with Gasteiger partial charge in [-0.15, -0.1) is 0 Å². The van der Waals surface area contributed by atoms with E-state index in [4.69, 9.17) is 4.84 Å². The van der Waals surface area contributed by atoms with Crippen LogP contribution in [0.4, 0.5) is 0 Å². The molecule has 200 valence electrons. The van der Waals surface area contributed by atoms with Crippen molar-refractivity contribution in [3.05, 3.63) is 71.8 Å². The van der Waals surface area contributed by atoms with Crippen LogP contribution in [0.15, 0.2) is 60.7 Å². The number of carbonyl (C=O) groups is 3. The van der Waals surface area contributed by atoms with E-state index in [2.05, 4.69) is 10.6 Å². The van der Waals surface area contributed by atoms with Crippen LogP contribution in [0.5, 0.6) is 0 Å². The summed E-state index contributed by atoms with van der Waals surface area (Å²) >= 11 is 0. The molecule has 2 unspecified atom stereocenters. The van der Waals surface area contributed by atoms with Crippen LogP contribution in [0.25, 0.3) is 0 Å². The summed E-state index contributed by atoms with van der Waals surface area (Å²) in [6, 6.07) is 18.7. The van der Waals surface area contributed by atoms with E-state index in [1.807, 2.05) is 81.4 Å². The van der Waals surface area contributed by atoms with Gasteiger partial charge in [-0.25, -0.2) is 5.06 Å². The molecule has 1 aliphatic carbocycles. The van der Waals surface area contributed by atoms with E-state index in [1.165, 1.54) is 11.5 Å². The number of carbonyl (C=O) groups excluding carboxylic acids is 3. The maximum Gasteiger partial charge on any atom is 0.243 e. The van der Waals surface area contributed by atoms with Crippen LogP contribution in [0, 0.1) is 11.3 Å². The molecular weight excluding hydrogens is 466 g/mol. The first kappa shape index (κ1) is 28.4. The third-order valence-corrected chi connectivity index (χ3v) is 6.82. The van der Waals surface area contributed by atoms with Crippen LogP contribution >= 0.6 is 0 Å². The van der Waals surface area contributed by atoms with Gasteiger partial charge in [0.2, 0.25) is 18.2 Å². The van der Waals surface area contributed by atoms with Gasteiger partial charge in [-0.2, -0.15) is 0 Å². The molecule has 2 atom stereocenters. The highest BCUT2D eigenvalue weighted by Crippen LogP contribution is 2.23. The van der Waals surface area contributed by atoms with Crippen molar-refractivity contribution in [3.63, 3.8) is 0 Å². The van der Waals surface area contributed by atoms with Crippen molar-refractivity contribution in [1.82, 2.24) is 15.7 Å². The molecule has 3 amide bonds. The smallest absolute Gasteiger partial charge is 0.243 e. The molecule has 37 heavy (non-hydrogen) atoms. The molecule has 1 saturated carbocycles. The number of benzene rings is 2. The molecule has 2 N–H and O–H groups in total. The van der Waals surface area contributed by atoms with Gasteiger partial charge in [0, 0.05) is 6.04 Å². The molecule has 2 aromatic carbocycles. The van der Waals surface area contributed by atoms with Gasteiger partial charge in [0.1, 0.15) is 12.6 Å². The summed E-state index contributed by atoms with van der Waals surface area (Å²) in [5.74, 6) is -1.03. The van der Waals surface area contributed by atoms with Gasteiger partial charge in [0.15, 0.2) is 0 Å². The number of hydrogen-bond acceptors (Lipinski definition) is 4. The fraction of sp³-hybridized carbons (Fsp3) is 0.500. The largest absolute Gasteiger partial charge is 0.352 e. The number of hydrogen-bond donors (Lipinski definition) is 2. The highest BCUT2D eigenvalue weighted by atomic mass is 16.7. The van der Waals surface area contributed by atoms with Gasteiger partial charge in [0.25, 0.3) is 0 Å². The van der Waals surface area contributed by atoms with Gasteiger partial charge < -0.3 is 10.6 Å². The second-order valence-corrected chi connectivity index (χ2v) is 11.0. The molecule has 7 heteroatoms. The van der Waals surface area contributed by atoms with Crippen molar-refractivity contribution in [2.24, 2.45) is 11.3 Å². The Bertz CT molecular complexity index is 985. The third-order valence-electron chi connectivity index (χ3n) is 6.82. The minimum absolute atomic E-state index is 0.0676. The van der Waals surface area contributed by atoms with E-state index >= 15 is 0 Å². The van der Waals surface area contributed by atoms with Crippen LogP contribution in [0.2, 0.25) is 0 Å².